The molecule has 1 aromatic carbocycles. The number of aryl methyl sites for hydroxylation is 1. The summed E-state index contributed by atoms with van der Waals surface area (Å²) in [5, 5.41) is 3.12. The summed E-state index contributed by atoms with van der Waals surface area (Å²) in [6.07, 6.45) is 4.92. The Morgan fingerprint density at radius 2 is 1.29 bits per heavy atom. The van der Waals surface area contributed by atoms with Crippen molar-refractivity contribution in [2.75, 3.05) is 14.1 Å². The summed E-state index contributed by atoms with van der Waals surface area (Å²) in [5.41, 5.74) is 13.4. The lowest BCUT2D eigenvalue weighted by Gasteiger charge is -2.05. The zero-order valence-corrected chi connectivity index (χ0v) is 26.3. The van der Waals surface area contributed by atoms with Crippen LogP contribution in [0.2, 0.25) is 0 Å². The quantitative estimate of drug-likeness (QED) is 0.217. The highest BCUT2D eigenvalue weighted by Crippen LogP contribution is 2.09. The van der Waals surface area contributed by atoms with E-state index in [1.807, 2.05) is 69.4 Å². The third kappa shape index (κ3) is 29.8. The van der Waals surface area contributed by atoms with Crippen LogP contribution in [0.25, 0.3) is 0 Å². The number of aliphatic imine (C=N–C) groups is 1. The lowest BCUT2D eigenvalue weighted by atomic mass is 10.1. The van der Waals surface area contributed by atoms with E-state index >= 15 is 0 Å². The zero-order valence-electron chi connectivity index (χ0n) is 26.3. The van der Waals surface area contributed by atoms with E-state index in [0.717, 1.165) is 35.5 Å². The van der Waals surface area contributed by atoms with E-state index < -0.39 is 0 Å². The monoisotopic (exact) mass is 490 g/mol. The highest BCUT2D eigenvalue weighted by atomic mass is 14.8. The van der Waals surface area contributed by atoms with E-state index in [-0.39, 0.29) is 0 Å². The number of hydrogen-bond acceptors (Lipinski definition) is 3. The summed E-state index contributed by atoms with van der Waals surface area (Å²) in [4.78, 5) is 3.98. The molecule has 0 saturated carbocycles. The highest BCUT2D eigenvalue weighted by Gasteiger charge is 2.00. The maximum absolute atomic E-state index is 5.76. The maximum atomic E-state index is 5.76. The van der Waals surface area contributed by atoms with Gasteiger partial charge < -0.3 is 11.1 Å². The molecule has 0 bridgehead atoms. The molecule has 0 aliphatic carbocycles. The number of unbranched alkanes of at least 4 members (excludes halogenated alkanes) is 1. The van der Waals surface area contributed by atoms with Gasteiger partial charge in [-0.1, -0.05) is 104 Å². The first-order chi connectivity index (χ1) is 16.6. The average molecular weight is 490 g/mol. The smallest absolute Gasteiger partial charge is 0.0557 e. The average Bonchev–Trinajstić information content (AvgIpc) is 2.90. The molecule has 1 aromatic rings. The van der Waals surface area contributed by atoms with Crippen LogP contribution < -0.4 is 11.1 Å². The Kier molecular flexibility index (Phi) is 41.8. The molecular formula is C32H63N3. The van der Waals surface area contributed by atoms with Crippen molar-refractivity contribution in [3.63, 3.8) is 0 Å². The Balaban J connectivity index is -0.000000118. The largest absolute Gasteiger partial charge is 0.397 e. The fourth-order valence-electron chi connectivity index (χ4n) is 2.20. The van der Waals surface area contributed by atoms with Crippen molar-refractivity contribution >= 4 is 5.71 Å². The van der Waals surface area contributed by atoms with E-state index in [4.69, 9.17) is 5.73 Å². The first-order valence-corrected chi connectivity index (χ1v) is 13.6. The fourth-order valence-corrected chi connectivity index (χ4v) is 2.20. The molecule has 0 aliphatic heterocycles. The van der Waals surface area contributed by atoms with Gasteiger partial charge in [-0.15, -0.1) is 6.58 Å². The van der Waals surface area contributed by atoms with Crippen LogP contribution in [0.3, 0.4) is 0 Å². The summed E-state index contributed by atoms with van der Waals surface area (Å²) < 4.78 is 0. The van der Waals surface area contributed by atoms with Gasteiger partial charge in [-0.2, -0.15) is 0 Å². The van der Waals surface area contributed by atoms with E-state index in [9.17, 15) is 0 Å². The second kappa shape index (κ2) is 34.0. The van der Waals surface area contributed by atoms with Gasteiger partial charge in [-0.3, -0.25) is 4.99 Å². The van der Waals surface area contributed by atoms with Crippen molar-refractivity contribution in [2.45, 2.75) is 115 Å². The van der Waals surface area contributed by atoms with Gasteiger partial charge in [-0.05, 0) is 70.7 Å². The Morgan fingerprint density at radius 3 is 1.54 bits per heavy atom. The van der Waals surface area contributed by atoms with Gasteiger partial charge in [0, 0.05) is 13.6 Å². The minimum atomic E-state index is 0.736. The van der Waals surface area contributed by atoms with Gasteiger partial charge in [0.15, 0.2) is 0 Å². The summed E-state index contributed by atoms with van der Waals surface area (Å²) in [5.74, 6) is 0. The van der Waals surface area contributed by atoms with Gasteiger partial charge in [0.25, 0.3) is 0 Å². The minimum Gasteiger partial charge on any atom is -0.397 e. The highest BCUT2D eigenvalue weighted by molar-refractivity contribution is 5.98. The lowest BCUT2D eigenvalue weighted by Crippen LogP contribution is -2.10. The van der Waals surface area contributed by atoms with Gasteiger partial charge in [0.05, 0.1) is 11.4 Å². The lowest BCUT2D eigenvalue weighted by molar-refractivity contribution is 0.789. The SMILES string of the molecule is C=C(C)/C(C)=C(/N)C(C)=NC.C=C(C)CCCC.CC.CC.CC.CCc1ccc(CNC)cc1. The molecule has 0 heterocycles. The molecule has 0 radical (unpaired) electrons. The molecule has 0 aliphatic rings. The molecule has 0 fully saturated rings. The number of nitrogens with zero attached hydrogens (tertiary/aromatic N) is 1. The molecule has 0 unspecified atom stereocenters. The van der Waals surface area contributed by atoms with Gasteiger partial charge in [0.1, 0.15) is 0 Å². The van der Waals surface area contributed by atoms with Crippen LogP contribution >= 0.6 is 0 Å². The Labute approximate surface area is 222 Å². The molecule has 206 valence electrons. The number of benzene rings is 1. The summed E-state index contributed by atoms with van der Waals surface area (Å²) in [7, 11) is 3.70. The molecule has 3 N–H and O–H groups in total. The van der Waals surface area contributed by atoms with Gasteiger partial charge in [-0.25, -0.2) is 0 Å². The Morgan fingerprint density at radius 1 is 0.857 bits per heavy atom. The Bertz CT molecular complexity index is 650. The van der Waals surface area contributed by atoms with Crippen molar-refractivity contribution in [1.29, 1.82) is 0 Å². The van der Waals surface area contributed by atoms with Crippen molar-refractivity contribution in [3.8, 4) is 0 Å². The van der Waals surface area contributed by atoms with Gasteiger partial charge in [0.2, 0.25) is 0 Å². The topological polar surface area (TPSA) is 50.4 Å². The predicted molar refractivity (Wildman–Crippen MR) is 168 cm³/mol. The molecular weight excluding hydrogens is 426 g/mol. The van der Waals surface area contributed by atoms with E-state index in [1.54, 1.807) is 7.05 Å². The van der Waals surface area contributed by atoms with Crippen LogP contribution in [0.1, 0.15) is 113 Å². The predicted octanol–water partition coefficient (Wildman–Crippen LogP) is 9.69. The number of rotatable bonds is 8. The minimum absolute atomic E-state index is 0.736. The summed E-state index contributed by atoms with van der Waals surface area (Å²) in [6.45, 7) is 32.8. The van der Waals surface area contributed by atoms with E-state index in [0.29, 0.717) is 0 Å². The summed E-state index contributed by atoms with van der Waals surface area (Å²) in [6, 6.07) is 8.73. The van der Waals surface area contributed by atoms with Crippen molar-refractivity contribution in [3.05, 3.63) is 71.0 Å². The summed E-state index contributed by atoms with van der Waals surface area (Å²) >= 11 is 0. The van der Waals surface area contributed by atoms with Crippen LogP contribution in [0.5, 0.6) is 0 Å². The van der Waals surface area contributed by atoms with Crippen molar-refractivity contribution in [1.82, 2.24) is 5.32 Å². The maximum Gasteiger partial charge on any atom is 0.0557 e. The first-order valence-electron chi connectivity index (χ1n) is 13.6. The molecule has 0 atom stereocenters. The molecule has 1 rings (SSSR count). The van der Waals surface area contributed by atoms with Crippen LogP contribution in [0.15, 0.2) is 64.8 Å². The molecule has 0 saturated heterocycles. The molecule has 0 spiro atoms. The third-order valence-electron chi connectivity index (χ3n) is 4.54. The zero-order chi connectivity index (χ0) is 28.8. The van der Waals surface area contributed by atoms with Crippen LogP contribution in [0.4, 0.5) is 0 Å². The van der Waals surface area contributed by atoms with E-state index in [2.05, 4.69) is 68.5 Å². The number of hydrogen-bond donors (Lipinski definition) is 2. The Hall–Kier alpha value is -2.13. The molecule has 3 nitrogen and oxygen atoms in total. The van der Waals surface area contributed by atoms with Crippen molar-refractivity contribution in [2.24, 2.45) is 10.7 Å². The van der Waals surface area contributed by atoms with Crippen LogP contribution in [-0.4, -0.2) is 19.8 Å². The molecule has 0 aromatic heterocycles. The molecule has 0 amide bonds. The van der Waals surface area contributed by atoms with Crippen molar-refractivity contribution < 1.29 is 0 Å². The second-order valence-electron chi connectivity index (χ2n) is 7.39. The van der Waals surface area contributed by atoms with Gasteiger partial charge >= 0.3 is 0 Å². The third-order valence-corrected chi connectivity index (χ3v) is 4.54. The molecule has 35 heavy (non-hydrogen) atoms. The fraction of sp³-hybridized carbons (Fsp3) is 0.594. The van der Waals surface area contributed by atoms with E-state index in [1.165, 1.54) is 36.0 Å². The normalized spacial score (nSPS) is 9.94. The number of allylic oxidation sites excluding steroid dienone is 4. The number of nitrogens with one attached hydrogen (secondary N) is 1. The second-order valence-corrected chi connectivity index (χ2v) is 7.39. The van der Waals surface area contributed by atoms with Crippen LogP contribution in [0, 0.1) is 0 Å². The number of nitrogens with two attached hydrogens (primary N) is 1. The standard InChI is InChI=1S/C10H15N.C9H16N2.C7H14.3C2H6/c1-3-9-4-6-10(7-5-9)8-11-2;1-6(2)7(3)9(10)8(4)11-5;1-4-5-6-7(2)3;3*1-2/h4-7,11H,3,8H2,1-2H3;1,10H2,2-5H3;2,4-6H2,1,3H3;3*1-2H3/b;9-7+,11-8?;;;;. The molecule has 3 heteroatoms. The first kappa shape index (κ1) is 43.0. The van der Waals surface area contributed by atoms with Crippen LogP contribution in [-0.2, 0) is 13.0 Å².